The van der Waals surface area contributed by atoms with Gasteiger partial charge in [0.1, 0.15) is 6.10 Å². The molecule has 4 saturated carbocycles. The number of hydrogen-bond acceptors (Lipinski definition) is 8. The van der Waals surface area contributed by atoms with Crippen LogP contribution in [0.5, 0.6) is 0 Å². The van der Waals surface area contributed by atoms with Crippen molar-refractivity contribution >= 4 is 0 Å². The zero-order chi connectivity index (χ0) is 37.6. The van der Waals surface area contributed by atoms with E-state index in [1.807, 2.05) is 11.8 Å². The zero-order valence-electron chi connectivity index (χ0n) is 33.8. The lowest BCUT2D eigenvalue weighted by Crippen LogP contribution is -2.63. The molecular weight excluding hydrogens is 666 g/mol. The van der Waals surface area contributed by atoms with Gasteiger partial charge < -0.3 is 29.2 Å². The summed E-state index contributed by atoms with van der Waals surface area (Å²) in [5.74, 6) is 1.19. The monoisotopic (exact) mass is 739 g/mol. The normalized spacial score (nSPS) is 45.6. The van der Waals surface area contributed by atoms with Crippen LogP contribution in [0.25, 0.3) is 0 Å². The summed E-state index contributed by atoms with van der Waals surface area (Å²) in [7, 11) is 0. The highest BCUT2D eigenvalue weighted by molar-refractivity contribution is 5.24. The first-order chi connectivity index (χ1) is 24.3. The lowest BCUT2D eigenvalue weighted by Gasteiger charge is -2.55. The third-order valence-corrected chi connectivity index (χ3v) is 16.9. The van der Waals surface area contributed by atoms with Gasteiger partial charge in [-0.15, -0.1) is 0 Å². The summed E-state index contributed by atoms with van der Waals surface area (Å²) in [6.07, 6.45) is 6.58. The molecule has 0 aromatic carbocycles. The van der Waals surface area contributed by atoms with Crippen LogP contribution in [-0.4, -0.2) is 121 Å². The number of morpholine rings is 1. The molecule has 3 heterocycles. The predicted octanol–water partition coefficient (Wildman–Crippen LogP) is 6.75. The van der Waals surface area contributed by atoms with Gasteiger partial charge >= 0.3 is 0 Å². The van der Waals surface area contributed by atoms with Gasteiger partial charge in [-0.3, -0.25) is 9.80 Å². The number of ether oxygens (including phenoxy) is 4. The largest absolute Gasteiger partial charge is 0.390 e. The van der Waals surface area contributed by atoms with Gasteiger partial charge in [0.2, 0.25) is 0 Å². The number of aliphatic hydroxyl groups excluding tert-OH is 1. The Labute approximate surface area is 313 Å². The maximum atomic E-state index is 12.9. The van der Waals surface area contributed by atoms with Crippen molar-refractivity contribution in [2.24, 2.45) is 44.8 Å². The molecule has 0 radical (unpaired) electrons. The first kappa shape index (κ1) is 39.8. The second-order valence-electron chi connectivity index (χ2n) is 20.6. The van der Waals surface area contributed by atoms with Crippen molar-refractivity contribution in [1.82, 2.24) is 9.80 Å². The van der Waals surface area contributed by atoms with Crippen LogP contribution >= 0.6 is 0 Å². The average molecular weight is 739 g/mol. The van der Waals surface area contributed by atoms with Crippen LogP contribution in [0.2, 0.25) is 0 Å². The molecule has 2 N–H and O–H groups in total. The van der Waals surface area contributed by atoms with E-state index in [0.29, 0.717) is 55.0 Å². The minimum atomic E-state index is -2.27. The fraction of sp³-hybridized carbons (Fsp3) is 1.00. The molecule has 0 aromatic heterocycles. The third-order valence-electron chi connectivity index (χ3n) is 16.9. The topological polar surface area (TPSA) is 83.9 Å². The summed E-state index contributed by atoms with van der Waals surface area (Å²) in [6, 6.07) is 0.314. The molecule has 8 nitrogen and oxygen atoms in total. The van der Waals surface area contributed by atoms with Crippen molar-refractivity contribution in [3.63, 3.8) is 0 Å². The van der Waals surface area contributed by atoms with E-state index < -0.39 is 24.2 Å². The minimum absolute atomic E-state index is 0.0345. The van der Waals surface area contributed by atoms with Gasteiger partial charge in [0.05, 0.1) is 43.2 Å². The van der Waals surface area contributed by atoms with Crippen LogP contribution < -0.4 is 0 Å². The van der Waals surface area contributed by atoms with Crippen molar-refractivity contribution in [3.8, 4) is 0 Å². The first-order valence-corrected chi connectivity index (χ1v) is 21.0. The Morgan fingerprint density at radius 3 is 2.42 bits per heavy atom. The Morgan fingerprint density at radius 2 is 1.75 bits per heavy atom. The van der Waals surface area contributed by atoms with E-state index >= 15 is 0 Å². The number of hydrogen-bond donors (Lipinski definition) is 2. The molecule has 0 amide bonds. The van der Waals surface area contributed by atoms with Crippen molar-refractivity contribution in [1.29, 1.82) is 0 Å². The second kappa shape index (κ2) is 13.9. The van der Waals surface area contributed by atoms with E-state index in [9.17, 15) is 19.0 Å². The van der Waals surface area contributed by atoms with Gasteiger partial charge in [-0.25, -0.2) is 8.78 Å². The van der Waals surface area contributed by atoms with E-state index in [-0.39, 0.29) is 53.3 Å². The van der Waals surface area contributed by atoms with Crippen LogP contribution in [0.1, 0.15) is 120 Å². The quantitative estimate of drug-likeness (QED) is 0.228. The Morgan fingerprint density at radius 1 is 1.02 bits per heavy atom. The highest BCUT2D eigenvalue weighted by atomic mass is 19.3. The van der Waals surface area contributed by atoms with Gasteiger partial charge in [0.15, 0.2) is 6.29 Å². The van der Waals surface area contributed by atoms with E-state index in [2.05, 4.69) is 46.4 Å². The van der Waals surface area contributed by atoms with E-state index in [0.717, 1.165) is 32.4 Å². The number of fused-ring (bicyclic) bond motifs is 1. The van der Waals surface area contributed by atoms with Crippen molar-refractivity contribution < 1.29 is 37.9 Å². The average Bonchev–Trinajstić information content (AvgIpc) is 3.69. The van der Waals surface area contributed by atoms with Crippen LogP contribution in [0.4, 0.5) is 8.78 Å². The molecule has 2 unspecified atom stereocenters. The minimum Gasteiger partial charge on any atom is -0.390 e. The SMILES string of the molecule is CCO[C@@H](C1C[C@@H](C)[C@H]2C(O1)[C@H](O)C(C)(C)[C@]2(C)CC[C@]12CCC[C@H]3C(C)(C)[C@@H](O[C@H]4CN(C5CN(CC(F)F)C5)CCO4)CC[C@@]31C2)C(C)(C)O. The Balaban J connectivity index is 1.01. The number of aliphatic hydroxyl groups is 2. The summed E-state index contributed by atoms with van der Waals surface area (Å²) in [4.78, 5) is 4.25. The summed E-state index contributed by atoms with van der Waals surface area (Å²) >= 11 is 0. The molecule has 3 aliphatic heterocycles. The fourth-order valence-electron chi connectivity index (χ4n) is 13.7. The number of nitrogens with zero attached hydrogens (tertiary/aromatic N) is 2. The van der Waals surface area contributed by atoms with E-state index in [1.165, 1.54) is 38.5 Å². The lowest BCUT2D eigenvalue weighted by atomic mass is 9.52. The summed E-state index contributed by atoms with van der Waals surface area (Å²) in [5.41, 5.74) is -0.676. The maximum absolute atomic E-state index is 12.9. The first-order valence-electron chi connectivity index (χ1n) is 21.0. The van der Waals surface area contributed by atoms with E-state index in [4.69, 9.17) is 18.9 Å². The molecule has 52 heavy (non-hydrogen) atoms. The molecule has 0 bridgehead atoms. The molecule has 7 fully saturated rings. The predicted molar refractivity (Wildman–Crippen MR) is 197 cm³/mol. The number of likely N-dealkylation sites (tertiary alicyclic amines) is 1. The number of halogens is 2. The Hall–Kier alpha value is -0.460. The molecule has 7 aliphatic rings. The summed E-state index contributed by atoms with van der Waals surface area (Å²) in [6.45, 7) is 23.8. The van der Waals surface area contributed by atoms with Crippen molar-refractivity contribution in [2.45, 2.75) is 175 Å². The number of rotatable bonds is 12. The summed E-state index contributed by atoms with van der Waals surface area (Å²) in [5, 5.41) is 23.0. The molecule has 0 aromatic rings. The van der Waals surface area contributed by atoms with Gasteiger partial charge in [0.25, 0.3) is 6.43 Å². The van der Waals surface area contributed by atoms with E-state index in [1.54, 1.807) is 13.8 Å². The lowest BCUT2D eigenvalue weighted by molar-refractivity contribution is -0.248. The van der Waals surface area contributed by atoms with Crippen LogP contribution in [-0.2, 0) is 18.9 Å². The van der Waals surface area contributed by atoms with Gasteiger partial charge in [-0.1, -0.05) is 48.0 Å². The molecule has 10 heteroatoms. The molecule has 7 rings (SSSR count). The van der Waals surface area contributed by atoms with Gasteiger partial charge in [0, 0.05) is 38.8 Å². The van der Waals surface area contributed by atoms with Gasteiger partial charge in [-0.2, -0.15) is 0 Å². The highest BCUT2D eigenvalue weighted by Gasteiger charge is 2.75. The Bertz CT molecular complexity index is 1270. The molecule has 3 saturated heterocycles. The van der Waals surface area contributed by atoms with Crippen LogP contribution in [0.15, 0.2) is 0 Å². The van der Waals surface area contributed by atoms with Gasteiger partial charge in [-0.05, 0) is 117 Å². The fourth-order valence-corrected chi connectivity index (χ4v) is 13.7. The number of alkyl halides is 2. The summed E-state index contributed by atoms with van der Waals surface area (Å²) < 4.78 is 51.7. The van der Waals surface area contributed by atoms with Crippen LogP contribution in [0.3, 0.4) is 0 Å². The van der Waals surface area contributed by atoms with Crippen LogP contribution in [0, 0.1) is 44.8 Å². The standard InChI is InChI=1S/C42H72F2N2O6/c1-10-49-36(39(7,8)48)28-20-26(2)33-34(51-28)35(47)38(5,6)40(33,9)16-17-41-14-11-12-29-37(3,4)30(13-15-42(29,41)25-41)52-32-24-46(18-19-50-32)27-21-45(22-27)23-31(43)44/h26-36,47-48H,10-25H2,1-9H3/t26-,28?,29+,30+,32+,33+,34?,35+,36+,40-,41+,42-/m1/s1. The maximum Gasteiger partial charge on any atom is 0.251 e. The Kier molecular flexibility index (Phi) is 10.6. The molecule has 300 valence electrons. The molecular formula is C42H72F2N2O6. The second-order valence-corrected chi connectivity index (χ2v) is 20.6. The smallest absolute Gasteiger partial charge is 0.251 e. The zero-order valence-corrected chi connectivity index (χ0v) is 33.8. The molecule has 4 aliphatic carbocycles. The van der Waals surface area contributed by atoms with Crippen molar-refractivity contribution in [2.75, 3.05) is 45.9 Å². The highest BCUT2D eigenvalue weighted by Crippen LogP contribution is 2.82. The third kappa shape index (κ3) is 6.45. The molecule has 12 atom stereocenters. The van der Waals surface area contributed by atoms with Crippen molar-refractivity contribution in [3.05, 3.63) is 0 Å². The molecule has 1 spiro atoms.